The van der Waals surface area contributed by atoms with Crippen molar-refractivity contribution < 1.29 is 4.39 Å². The average Bonchev–Trinajstić information content (AvgIpc) is 2.21. The average molecular weight is 188 g/mol. The summed E-state index contributed by atoms with van der Waals surface area (Å²) in [6.07, 6.45) is 3.46. The quantitative estimate of drug-likeness (QED) is 0.687. The molecular formula is C11H9FN2. The van der Waals surface area contributed by atoms with Crippen LogP contribution in [-0.4, -0.2) is 9.97 Å². The lowest BCUT2D eigenvalue weighted by molar-refractivity contribution is 0.628. The van der Waals surface area contributed by atoms with E-state index in [4.69, 9.17) is 0 Å². The first kappa shape index (κ1) is 8.81. The standard InChI is InChI=1S/C11H9FN2/c1-8-13-6-10(7-14-8)9-2-4-11(12)5-3-9/h2-7H,1H3. The number of aromatic nitrogens is 2. The first-order chi connectivity index (χ1) is 6.75. The zero-order chi connectivity index (χ0) is 9.97. The van der Waals surface area contributed by atoms with Gasteiger partial charge < -0.3 is 0 Å². The first-order valence-corrected chi connectivity index (χ1v) is 4.30. The van der Waals surface area contributed by atoms with E-state index in [1.165, 1.54) is 12.1 Å². The van der Waals surface area contributed by atoms with Crippen LogP contribution in [0.3, 0.4) is 0 Å². The number of nitrogens with zero attached hydrogens (tertiary/aromatic N) is 2. The number of rotatable bonds is 1. The third kappa shape index (κ3) is 1.76. The second-order valence-electron chi connectivity index (χ2n) is 3.03. The number of hydrogen-bond donors (Lipinski definition) is 0. The van der Waals surface area contributed by atoms with Gasteiger partial charge in [0.1, 0.15) is 11.6 Å². The summed E-state index contributed by atoms with van der Waals surface area (Å²) in [5.41, 5.74) is 1.82. The molecule has 3 heteroatoms. The van der Waals surface area contributed by atoms with E-state index in [9.17, 15) is 4.39 Å². The van der Waals surface area contributed by atoms with Gasteiger partial charge in [0.25, 0.3) is 0 Å². The minimum atomic E-state index is -0.234. The molecule has 2 nitrogen and oxygen atoms in total. The summed E-state index contributed by atoms with van der Waals surface area (Å²) in [5.74, 6) is 0.498. The van der Waals surface area contributed by atoms with Gasteiger partial charge in [-0.15, -0.1) is 0 Å². The molecule has 0 radical (unpaired) electrons. The van der Waals surface area contributed by atoms with Gasteiger partial charge in [0.15, 0.2) is 0 Å². The summed E-state index contributed by atoms with van der Waals surface area (Å²) >= 11 is 0. The van der Waals surface area contributed by atoms with Crippen LogP contribution in [0.25, 0.3) is 11.1 Å². The lowest BCUT2D eigenvalue weighted by atomic mass is 10.1. The van der Waals surface area contributed by atoms with Crippen LogP contribution in [0, 0.1) is 12.7 Å². The van der Waals surface area contributed by atoms with E-state index in [0.29, 0.717) is 0 Å². The molecule has 14 heavy (non-hydrogen) atoms. The molecular weight excluding hydrogens is 179 g/mol. The Morgan fingerprint density at radius 1 is 0.929 bits per heavy atom. The molecule has 1 aromatic carbocycles. The molecule has 0 N–H and O–H groups in total. The molecule has 0 amide bonds. The monoisotopic (exact) mass is 188 g/mol. The van der Waals surface area contributed by atoms with Gasteiger partial charge >= 0.3 is 0 Å². The second kappa shape index (κ2) is 3.54. The Labute approximate surface area is 81.5 Å². The highest BCUT2D eigenvalue weighted by atomic mass is 19.1. The summed E-state index contributed by atoms with van der Waals surface area (Å²) in [7, 11) is 0. The predicted octanol–water partition coefficient (Wildman–Crippen LogP) is 2.59. The fourth-order valence-electron chi connectivity index (χ4n) is 1.18. The molecule has 0 fully saturated rings. The number of halogens is 1. The lowest BCUT2D eigenvalue weighted by Gasteiger charge is -2.00. The number of hydrogen-bond acceptors (Lipinski definition) is 2. The number of aryl methyl sites for hydroxylation is 1. The topological polar surface area (TPSA) is 25.8 Å². The maximum Gasteiger partial charge on any atom is 0.125 e. The Balaban J connectivity index is 2.40. The minimum absolute atomic E-state index is 0.234. The van der Waals surface area contributed by atoms with Crippen molar-refractivity contribution in [3.05, 3.63) is 48.3 Å². The van der Waals surface area contributed by atoms with Crippen molar-refractivity contribution in [1.29, 1.82) is 0 Å². The molecule has 0 atom stereocenters. The first-order valence-electron chi connectivity index (χ1n) is 4.30. The van der Waals surface area contributed by atoms with E-state index in [0.717, 1.165) is 17.0 Å². The van der Waals surface area contributed by atoms with E-state index in [1.54, 1.807) is 24.5 Å². The van der Waals surface area contributed by atoms with Crippen LogP contribution in [0.2, 0.25) is 0 Å². The SMILES string of the molecule is Cc1ncc(-c2ccc(F)cc2)cn1. The van der Waals surface area contributed by atoms with E-state index < -0.39 is 0 Å². The Hall–Kier alpha value is -1.77. The molecule has 0 aliphatic heterocycles. The molecule has 0 bridgehead atoms. The molecule has 1 aromatic heterocycles. The van der Waals surface area contributed by atoms with Crippen LogP contribution in [-0.2, 0) is 0 Å². The maximum absolute atomic E-state index is 12.6. The van der Waals surface area contributed by atoms with Crippen molar-refractivity contribution in [2.24, 2.45) is 0 Å². The van der Waals surface area contributed by atoms with Crippen LogP contribution >= 0.6 is 0 Å². The minimum Gasteiger partial charge on any atom is -0.241 e. The lowest BCUT2D eigenvalue weighted by Crippen LogP contribution is -1.87. The molecule has 0 saturated heterocycles. The maximum atomic E-state index is 12.6. The van der Waals surface area contributed by atoms with E-state index in [1.807, 2.05) is 6.92 Å². The molecule has 1 heterocycles. The molecule has 2 aromatic rings. The van der Waals surface area contributed by atoms with Crippen molar-refractivity contribution in [2.45, 2.75) is 6.92 Å². The Bertz CT molecular complexity index is 377. The van der Waals surface area contributed by atoms with Gasteiger partial charge in [0.05, 0.1) is 0 Å². The van der Waals surface area contributed by atoms with Gasteiger partial charge in [-0.25, -0.2) is 14.4 Å². The van der Waals surface area contributed by atoms with Gasteiger partial charge in [0.2, 0.25) is 0 Å². The molecule has 0 aliphatic carbocycles. The predicted molar refractivity (Wildman–Crippen MR) is 52.2 cm³/mol. The van der Waals surface area contributed by atoms with Crippen molar-refractivity contribution in [3.63, 3.8) is 0 Å². The summed E-state index contributed by atoms with van der Waals surface area (Å²) in [6, 6.07) is 6.27. The molecule has 2 rings (SSSR count). The molecule has 0 unspecified atom stereocenters. The zero-order valence-corrected chi connectivity index (χ0v) is 7.74. The summed E-state index contributed by atoms with van der Waals surface area (Å²) < 4.78 is 12.6. The highest BCUT2D eigenvalue weighted by Gasteiger charge is 1.98. The molecule has 0 spiro atoms. The van der Waals surface area contributed by atoms with Crippen LogP contribution in [0.4, 0.5) is 4.39 Å². The highest BCUT2D eigenvalue weighted by molar-refractivity contribution is 5.61. The van der Waals surface area contributed by atoms with Crippen LogP contribution < -0.4 is 0 Å². The van der Waals surface area contributed by atoms with Gasteiger partial charge in [-0.3, -0.25) is 0 Å². The van der Waals surface area contributed by atoms with Crippen molar-refractivity contribution in [2.75, 3.05) is 0 Å². The van der Waals surface area contributed by atoms with Gasteiger partial charge in [-0.1, -0.05) is 12.1 Å². The normalized spacial score (nSPS) is 10.1. The van der Waals surface area contributed by atoms with Crippen molar-refractivity contribution in [3.8, 4) is 11.1 Å². The van der Waals surface area contributed by atoms with Crippen LogP contribution in [0.5, 0.6) is 0 Å². The number of benzene rings is 1. The van der Waals surface area contributed by atoms with Gasteiger partial charge in [-0.2, -0.15) is 0 Å². The summed E-state index contributed by atoms with van der Waals surface area (Å²) in [6.45, 7) is 1.83. The van der Waals surface area contributed by atoms with E-state index in [2.05, 4.69) is 9.97 Å². The van der Waals surface area contributed by atoms with Crippen molar-refractivity contribution >= 4 is 0 Å². The fraction of sp³-hybridized carbons (Fsp3) is 0.0909. The van der Waals surface area contributed by atoms with Gasteiger partial charge in [0, 0.05) is 18.0 Å². The summed E-state index contributed by atoms with van der Waals surface area (Å²) in [4.78, 5) is 8.15. The molecule has 0 saturated carbocycles. The third-order valence-electron chi connectivity index (χ3n) is 1.96. The van der Waals surface area contributed by atoms with E-state index in [-0.39, 0.29) is 5.82 Å². The molecule has 70 valence electrons. The smallest absolute Gasteiger partial charge is 0.125 e. The fourth-order valence-corrected chi connectivity index (χ4v) is 1.18. The van der Waals surface area contributed by atoms with Crippen molar-refractivity contribution in [1.82, 2.24) is 9.97 Å². The highest BCUT2D eigenvalue weighted by Crippen LogP contribution is 2.17. The zero-order valence-electron chi connectivity index (χ0n) is 7.74. The Morgan fingerprint density at radius 2 is 1.50 bits per heavy atom. The largest absolute Gasteiger partial charge is 0.241 e. The van der Waals surface area contributed by atoms with Crippen LogP contribution in [0.1, 0.15) is 5.82 Å². The van der Waals surface area contributed by atoms with E-state index >= 15 is 0 Å². The van der Waals surface area contributed by atoms with Crippen LogP contribution in [0.15, 0.2) is 36.7 Å². The van der Waals surface area contributed by atoms with Gasteiger partial charge in [-0.05, 0) is 24.6 Å². The Kier molecular flexibility index (Phi) is 2.23. The third-order valence-corrected chi connectivity index (χ3v) is 1.96. The Morgan fingerprint density at radius 3 is 2.07 bits per heavy atom. The second-order valence-corrected chi connectivity index (χ2v) is 3.03. The molecule has 0 aliphatic rings. The summed E-state index contributed by atoms with van der Waals surface area (Å²) in [5, 5.41) is 0.